The minimum absolute atomic E-state index is 0.192. The maximum atomic E-state index is 10.5. The van der Waals surface area contributed by atoms with E-state index in [1.165, 1.54) is 0 Å². The first kappa shape index (κ1) is 17.2. The zero-order valence-corrected chi connectivity index (χ0v) is 14.7. The Balaban J connectivity index is 3.89. The van der Waals surface area contributed by atoms with E-state index in [2.05, 4.69) is 23.6 Å². The lowest BCUT2D eigenvalue weighted by molar-refractivity contribution is -0.110. The summed E-state index contributed by atoms with van der Waals surface area (Å²) in [5.41, 5.74) is 0. The zero-order chi connectivity index (χ0) is 13.5. The molecule has 0 aromatic carbocycles. The highest BCUT2D eigenvalue weighted by atomic mass is 28.5. The molecule has 0 aliphatic carbocycles. The smallest absolute Gasteiger partial charge is 0.310 e. The molecule has 1 unspecified atom stereocenters. The van der Waals surface area contributed by atoms with Crippen molar-refractivity contribution in [2.24, 2.45) is 5.92 Å². The fourth-order valence-corrected chi connectivity index (χ4v) is 9.20. The van der Waals surface area contributed by atoms with Crippen molar-refractivity contribution in [3.05, 3.63) is 0 Å². The molecular formula is C11H25O3Si3. The number of aldehydes is 1. The zero-order valence-electron chi connectivity index (χ0n) is 11.7. The van der Waals surface area contributed by atoms with Crippen LogP contribution < -0.4 is 0 Å². The second-order valence-electron chi connectivity index (χ2n) is 5.72. The molecule has 0 saturated carbocycles. The minimum Gasteiger partial charge on any atom is -0.437 e. The lowest BCUT2D eigenvalue weighted by atomic mass is 10.1. The van der Waals surface area contributed by atoms with Gasteiger partial charge in [0.1, 0.15) is 6.29 Å². The molecule has 0 rings (SSSR count). The van der Waals surface area contributed by atoms with Crippen LogP contribution in [0.25, 0.3) is 0 Å². The first-order valence-corrected chi connectivity index (χ1v) is 12.6. The Morgan fingerprint density at radius 2 is 1.82 bits per heavy atom. The Morgan fingerprint density at radius 1 is 1.24 bits per heavy atom. The van der Waals surface area contributed by atoms with Crippen molar-refractivity contribution in [1.29, 1.82) is 0 Å². The maximum absolute atomic E-state index is 10.5. The van der Waals surface area contributed by atoms with Gasteiger partial charge in [-0.05, 0) is 38.7 Å². The molecule has 0 aromatic heterocycles. The molecule has 0 amide bonds. The monoisotopic (exact) mass is 289 g/mol. The van der Waals surface area contributed by atoms with Gasteiger partial charge in [0.2, 0.25) is 10.5 Å². The Bertz CT molecular complexity index is 232. The minimum atomic E-state index is -1.98. The summed E-state index contributed by atoms with van der Waals surface area (Å²) in [6.07, 6.45) is 4.27. The van der Waals surface area contributed by atoms with Crippen molar-refractivity contribution in [3.63, 3.8) is 0 Å². The molecule has 6 heteroatoms. The van der Waals surface area contributed by atoms with Crippen LogP contribution in [0.2, 0.25) is 32.2 Å². The molecule has 0 N–H and O–H groups in total. The molecule has 3 nitrogen and oxygen atoms in total. The summed E-state index contributed by atoms with van der Waals surface area (Å²) in [5.74, 6) is 0.192. The van der Waals surface area contributed by atoms with E-state index in [-0.39, 0.29) is 5.92 Å². The summed E-state index contributed by atoms with van der Waals surface area (Å²) in [7, 11) is -0.504. The highest BCUT2D eigenvalue weighted by Crippen LogP contribution is 2.22. The third kappa shape index (κ3) is 8.90. The molecule has 3 radical (unpaired) electrons. The van der Waals surface area contributed by atoms with Crippen LogP contribution in [0, 0.1) is 5.92 Å². The maximum Gasteiger partial charge on any atom is 0.310 e. The van der Waals surface area contributed by atoms with E-state index in [9.17, 15) is 4.79 Å². The average molecular weight is 290 g/mol. The van der Waals surface area contributed by atoms with Gasteiger partial charge in [0.15, 0.2) is 8.32 Å². The van der Waals surface area contributed by atoms with Crippen LogP contribution >= 0.6 is 0 Å². The second-order valence-corrected chi connectivity index (χ2v) is 14.2. The lowest BCUT2D eigenvalue weighted by Gasteiger charge is -2.32. The van der Waals surface area contributed by atoms with Crippen molar-refractivity contribution in [2.75, 3.05) is 0 Å². The van der Waals surface area contributed by atoms with Gasteiger partial charge in [-0.3, -0.25) is 0 Å². The van der Waals surface area contributed by atoms with Crippen molar-refractivity contribution in [2.45, 2.75) is 58.4 Å². The standard InChI is InChI=1S/C11H25O3Si3/c1-11(10-12)8-6-7-9-16(2,3)14-17(4,5)13-15/h10-11H,6-9H2,1-5H3. The highest BCUT2D eigenvalue weighted by Gasteiger charge is 2.32. The lowest BCUT2D eigenvalue weighted by Crippen LogP contribution is -2.46. The summed E-state index contributed by atoms with van der Waals surface area (Å²) in [6.45, 7) is 10.5. The van der Waals surface area contributed by atoms with Crippen LogP contribution in [0.1, 0.15) is 26.2 Å². The third-order valence-corrected chi connectivity index (χ3v) is 10.4. The van der Waals surface area contributed by atoms with Gasteiger partial charge in [-0.1, -0.05) is 19.8 Å². The molecule has 0 spiro atoms. The highest BCUT2D eigenvalue weighted by molar-refractivity contribution is 6.83. The van der Waals surface area contributed by atoms with E-state index in [0.29, 0.717) is 0 Å². The number of rotatable bonds is 9. The SMILES string of the molecule is CC(C=O)CCCC[Si](C)(C)O[Si](C)(C)O[Si]. The van der Waals surface area contributed by atoms with Crippen molar-refractivity contribution in [1.82, 2.24) is 0 Å². The van der Waals surface area contributed by atoms with Gasteiger partial charge in [0.25, 0.3) is 0 Å². The quantitative estimate of drug-likeness (QED) is 0.372. The Labute approximate surface area is 111 Å². The number of hydrogen-bond acceptors (Lipinski definition) is 3. The Morgan fingerprint density at radius 3 is 2.29 bits per heavy atom. The summed E-state index contributed by atoms with van der Waals surface area (Å²) in [6, 6.07) is 1.13. The van der Waals surface area contributed by atoms with Gasteiger partial charge in [-0.15, -0.1) is 0 Å². The van der Waals surface area contributed by atoms with E-state index in [1.807, 2.05) is 20.0 Å². The summed E-state index contributed by atoms with van der Waals surface area (Å²) >= 11 is 0. The fraction of sp³-hybridized carbons (Fsp3) is 0.909. The van der Waals surface area contributed by atoms with Gasteiger partial charge in [0, 0.05) is 5.92 Å². The predicted molar refractivity (Wildman–Crippen MR) is 76.8 cm³/mol. The second kappa shape index (κ2) is 7.63. The topological polar surface area (TPSA) is 35.5 Å². The Hall–Kier alpha value is 0.241. The van der Waals surface area contributed by atoms with E-state index in [4.69, 9.17) is 8.23 Å². The summed E-state index contributed by atoms with van der Waals surface area (Å²) < 4.78 is 11.4. The van der Waals surface area contributed by atoms with Crippen molar-refractivity contribution >= 4 is 33.7 Å². The largest absolute Gasteiger partial charge is 0.437 e. The van der Waals surface area contributed by atoms with E-state index >= 15 is 0 Å². The number of hydrogen-bond donors (Lipinski definition) is 0. The molecular weight excluding hydrogens is 264 g/mol. The third-order valence-electron chi connectivity index (χ3n) is 2.69. The van der Waals surface area contributed by atoms with Crippen LogP contribution in [-0.2, 0) is 13.0 Å². The van der Waals surface area contributed by atoms with E-state index < -0.39 is 16.9 Å². The molecule has 0 aliphatic heterocycles. The molecule has 0 fully saturated rings. The summed E-state index contributed by atoms with van der Waals surface area (Å²) in [5, 5.41) is 0. The average Bonchev–Trinajstić information content (AvgIpc) is 2.22. The van der Waals surface area contributed by atoms with Crippen molar-refractivity contribution in [3.8, 4) is 0 Å². The van der Waals surface area contributed by atoms with E-state index in [1.54, 1.807) is 0 Å². The molecule has 0 heterocycles. The number of carbonyl (C=O) groups excluding carboxylic acids is 1. The normalized spacial score (nSPS) is 14.7. The molecule has 99 valence electrons. The number of carbonyl (C=O) groups is 1. The van der Waals surface area contributed by atoms with Gasteiger partial charge >= 0.3 is 8.56 Å². The molecule has 1 atom stereocenters. The number of unbranched alkanes of at least 4 members (excludes halogenated alkanes) is 1. The fourth-order valence-electron chi connectivity index (χ4n) is 1.82. The molecule has 0 bridgehead atoms. The Kier molecular flexibility index (Phi) is 7.73. The van der Waals surface area contributed by atoms with Crippen LogP contribution in [0.4, 0.5) is 0 Å². The van der Waals surface area contributed by atoms with Gasteiger partial charge in [-0.25, -0.2) is 0 Å². The predicted octanol–water partition coefficient (Wildman–Crippen LogP) is 3.02. The molecule has 0 saturated heterocycles. The summed E-state index contributed by atoms with van der Waals surface area (Å²) in [4.78, 5) is 10.5. The van der Waals surface area contributed by atoms with Gasteiger partial charge < -0.3 is 13.0 Å². The van der Waals surface area contributed by atoms with Crippen LogP contribution in [0.3, 0.4) is 0 Å². The van der Waals surface area contributed by atoms with Gasteiger partial charge in [-0.2, -0.15) is 0 Å². The molecule has 17 heavy (non-hydrogen) atoms. The first-order valence-electron chi connectivity index (χ1n) is 6.22. The first-order chi connectivity index (χ1) is 7.72. The van der Waals surface area contributed by atoms with Gasteiger partial charge in [0.05, 0.1) is 0 Å². The van der Waals surface area contributed by atoms with Crippen LogP contribution in [0.5, 0.6) is 0 Å². The molecule has 0 aliphatic rings. The van der Waals surface area contributed by atoms with Crippen molar-refractivity contribution < 1.29 is 13.0 Å². The van der Waals surface area contributed by atoms with Crippen LogP contribution in [-0.4, -0.2) is 33.7 Å². The molecule has 0 aromatic rings. The van der Waals surface area contributed by atoms with Crippen LogP contribution in [0.15, 0.2) is 0 Å². The van der Waals surface area contributed by atoms with E-state index in [0.717, 1.165) is 31.6 Å².